The lowest BCUT2D eigenvalue weighted by atomic mass is 10.2. The average Bonchev–Trinajstić information content (AvgIpc) is 3.36. The quantitative estimate of drug-likeness (QED) is 0.378. The van der Waals surface area contributed by atoms with Crippen molar-refractivity contribution >= 4 is 33.8 Å². The second kappa shape index (κ2) is 11.3. The normalized spacial score (nSPS) is 11.5. The monoisotopic (exact) mass is 504 g/mol. The molecule has 36 heavy (non-hydrogen) atoms. The predicted molar refractivity (Wildman–Crippen MR) is 129 cm³/mol. The Morgan fingerprint density at radius 1 is 1.14 bits per heavy atom. The van der Waals surface area contributed by atoms with E-state index in [1.54, 1.807) is 19.5 Å². The Bertz CT molecular complexity index is 1340. The molecule has 0 unspecified atom stereocenters. The van der Waals surface area contributed by atoms with Crippen LogP contribution < -0.4 is 5.32 Å². The van der Waals surface area contributed by atoms with Crippen molar-refractivity contribution in [1.82, 2.24) is 19.4 Å². The van der Waals surface area contributed by atoms with Gasteiger partial charge in [0, 0.05) is 44.0 Å². The van der Waals surface area contributed by atoms with Crippen LogP contribution in [0.1, 0.15) is 35.9 Å². The number of carboxylic acid groups (broad SMARTS) is 1. The molecule has 0 radical (unpaired) electrons. The first-order valence-electron chi connectivity index (χ1n) is 11.1. The first-order chi connectivity index (χ1) is 17.1. The van der Waals surface area contributed by atoms with Gasteiger partial charge in [-0.25, -0.2) is 4.79 Å². The van der Waals surface area contributed by atoms with Crippen molar-refractivity contribution < 1.29 is 32.6 Å². The zero-order valence-corrected chi connectivity index (χ0v) is 20.0. The summed E-state index contributed by atoms with van der Waals surface area (Å²) in [4.78, 5) is 26.1. The topological polar surface area (TPSA) is 98.4 Å². The number of halogens is 3. The Labute approximate surface area is 205 Å². The minimum atomic E-state index is -5.08. The SMILES string of the molecule is COCCn1c(C(=O)NCc2cccnc2)cc2c1c1ccccc1n2C(C)C.O=C(O)C(F)(F)F. The number of nitrogens with one attached hydrogen (secondary N) is 1. The van der Waals surface area contributed by atoms with Crippen molar-refractivity contribution in [2.45, 2.75) is 39.2 Å². The fourth-order valence-corrected chi connectivity index (χ4v) is 3.95. The highest BCUT2D eigenvalue weighted by Gasteiger charge is 2.38. The van der Waals surface area contributed by atoms with Crippen LogP contribution in [0.4, 0.5) is 13.2 Å². The summed E-state index contributed by atoms with van der Waals surface area (Å²) in [6.07, 6.45) is -1.59. The van der Waals surface area contributed by atoms with Gasteiger partial charge in [-0.1, -0.05) is 24.3 Å². The van der Waals surface area contributed by atoms with Crippen molar-refractivity contribution in [3.05, 3.63) is 66.1 Å². The highest BCUT2D eigenvalue weighted by Crippen LogP contribution is 2.34. The molecule has 8 nitrogen and oxygen atoms in total. The lowest BCUT2D eigenvalue weighted by Gasteiger charge is -2.11. The van der Waals surface area contributed by atoms with E-state index in [1.165, 1.54) is 5.52 Å². The fraction of sp³-hybridized carbons (Fsp3) is 0.320. The van der Waals surface area contributed by atoms with E-state index < -0.39 is 12.1 Å². The number of amides is 1. The lowest BCUT2D eigenvalue weighted by Crippen LogP contribution is -2.26. The van der Waals surface area contributed by atoms with E-state index in [4.69, 9.17) is 14.6 Å². The van der Waals surface area contributed by atoms with Gasteiger partial charge in [-0.05, 0) is 37.6 Å². The highest BCUT2D eigenvalue weighted by molar-refractivity contribution is 6.10. The van der Waals surface area contributed by atoms with Gasteiger partial charge in [0.1, 0.15) is 5.69 Å². The lowest BCUT2D eigenvalue weighted by molar-refractivity contribution is -0.192. The predicted octanol–water partition coefficient (Wildman–Crippen LogP) is 4.78. The molecule has 192 valence electrons. The molecule has 0 aliphatic heterocycles. The number of benzene rings is 1. The minimum Gasteiger partial charge on any atom is -0.475 e. The van der Waals surface area contributed by atoms with Gasteiger partial charge in [0.15, 0.2) is 0 Å². The number of pyridine rings is 1. The number of ether oxygens (including phenoxy) is 1. The molecule has 4 rings (SSSR count). The van der Waals surface area contributed by atoms with Crippen LogP contribution in [0.25, 0.3) is 21.9 Å². The zero-order chi connectivity index (χ0) is 26.5. The molecule has 11 heteroatoms. The third kappa shape index (κ3) is 5.85. The van der Waals surface area contributed by atoms with Gasteiger partial charge in [-0.3, -0.25) is 9.78 Å². The molecule has 0 fully saturated rings. The fourth-order valence-electron chi connectivity index (χ4n) is 3.95. The Kier molecular flexibility index (Phi) is 8.36. The maximum absolute atomic E-state index is 13.1. The number of carboxylic acids is 1. The van der Waals surface area contributed by atoms with Gasteiger partial charge in [0.25, 0.3) is 5.91 Å². The summed E-state index contributed by atoms with van der Waals surface area (Å²) in [5.41, 5.74) is 4.95. The summed E-state index contributed by atoms with van der Waals surface area (Å²) in [7, 11) is 1.68. The van der Waals surface area contributed by atoms with Crippen molar-refractivity contribution in [3.63, 3.8) is 0 Å². The minimum absolute atomic E-state index is 0.0967. The number of hydrogen-bond acceptors (Lipinski definition) is 4. The van der Waals surface area contributed by atoms with Crippen LogP contribution in [0.3, 0.4) is 0 Å². The third-order valence-electron chi connectivity index (χ3n) is 5.44. The largest absolute Gasteiger partial charge is 0.490 e. The van der Waals surface area contributed by atoms with E-state index >= 15 is 0 Å². The van der Waals surface area contributed by atoms with E-state index in [0.29, 0.717) is 25.4 Å². The van der Waals surface area contributed by atoms with Crippen molar-refractivity contribution in [2.24, 2.45) is 0 Å². The number of nitrogens with zero attached hydrogens (tertiary/aromatic N) is 3. The van der Waals surface area contributed by atoms with Gasteiger partial charge in [-0.2, -0.15) is 13.2 Å². The Balaban J connectivity index is 0.000000454. The Hall–Kier alpha value is -3.86. The maximum atomic E-state index is 13.1. The molecule has 0 bridgehead atoms. The van der Waals surface area contributed by atoms with Crippen molar-refractivity contribution in [1.29, 1.82) is 0 Å². The van der Waals surface area contributed by atoms with E-state index in [0.717, 1.165) is 22.0 Å². The summed E-state index contributed by atoms with van der Waals surface area (Å²) in [6.45, 7) is 5.92. The number of aromatic nitrogens is 3. The summed E-state index contributed by atoms with van der Waals surface area (Å²) in [5.74, 6) is -2.85. The Morgan fingerprint density at radius 2 is 1.83 bits per heavy atom. The first kappa shape index (κ1) is 26.7. The van der Waals surface area contributed by atoms with E-state index in [9.17, 15) is 18.0 Å². The molecule has 0 saturated heterocycles. The molecular weight excluding hydrogens is 477 g/mol. The van der Waals surface area contributed by atoms with Crippen LogP contribution in [0, 0.1) is 0 Å². The standard InChI is InChI=1S/C23H26N4O2.C2HF3O2/c1-16(2)27-19-9-5-4-8-18(19)22-20(27)13-21(26(22)11-12-29-3)23(28)25-15-17-7-6-10-24-14-17;3-2(4,5)1(6)7/h4-10,13-14,16H,11-12,15H2,1-3H3,(H,25,28);(H,6,7). The van der Waals surface area contributed by atoms with Gasteiger partial charge in [0.2, 0.25) is 0 Å². The summed E-state index contributed by atoms with van der Waals surface area (Å²) < 4.78 is 41.4. The second-order valence-electron chi connectivity index (χ2n) is 8.24. The van der Waals surface area contributed by atoms with Crippen molar-refractivity contribution in [3.8, 4) is 0 Å². The third-order valence-corrected chi connectivity index (χ3v) is 5.44. The molecule has 0 aliphatic rings. The van der Waals surface area contributed by atoms with Gasteiger partial charge in [-0.15, -0.1) is 0 Å². The molecule has 1 amide bonds. The summed E-state index contributed by atoms with van der Waals surface area (Å²) >= 11 is 0. The van der Waals surface area contributed by atoms with Crippen LogP contribution in [-0.2, 0) is 22.6 Å². The number of hydrogen-bond donors (Lipinski definition) is 2. The van der Waals surface area contributed by atoms with E-state index in [2.05, 4.69) is 51.5 Å². The second-order valence-corrected chi connectivity index (χ2v) is 8.24. The molecule has 0 saturated carbocycles. The molecular formula is C25H27F3N4O4. The van der Waals surface area contributed by atoms with Crippen LogP contribution in [-0.4, -0.2) is 51.0 Å². The average molecular weight is 505 g/mol. The maximum Gasteiger partial charge on any atom is 0.490 e. The highest BCUT2D eigenvalue weighted by atomic mass is 19.4. The smallest absolute Gasteiger partial charge is 0.475 e. The molecule has 0 atom stereocenters. The summed E-state index contributed by atoms with van der Waals surface area (Å²) in [5, 5.41) is 11.3. The molecule has 1 aromatic carbocycles. The summed E-state index contributed by atoms with van der Waals surface area (Å²) in [6, 6.07) is 14.5. The number of carbonyl (C=O) groups excluding carboxylic acids is 1. The zero-order valence-electron chi connectivity index (χ0n) is 20.0. The van der Waals surface area contributed by atoms with E-state index in [1.807, 2.05) is 24.3 Å². The van der Waals surface area contributed by atoms with Crippen LogP contribution in [0.15, 0.2) is 54.9 Å². The van der Waals surface area contributed by atoms with Gasteiger partial charge in [0.05, 0.1) is 23.2 Å². The Morgan fingerprint density at radius 3 is 2.42 bits per heavy atom. The van der Waals surface area contributed by atoms with E-state index in [-0.39, 0.29) is 11.9 Å². The number of aliphatic carboxylic acids is 1. The van der Waals surface area contributed by atoms with Crippen LogP contribution in [0.2, 0.25) is 0 Å². The van der Waals surface area contributed by atoms with Crippen molar-refractivity contribution in [2.75, 3.05) is 13.7 Å². The van der Waals surface area contributed by atoms with Gasteiger partial charge < -0.3 is 24.3 Å². The van der Waals surface area contributed by atoms with Crippen LogP contribution >= 0.6 is 0 Å². The van der Waals surface area contributed by atoms with Crippen LogP contribution in [0.5, 0.6) is 0 Å². The number of alkyl halides is 3. The number of rotatable bonds is 7. The molecule has 3 heterocycles. The number of methoxy groups -OCH3 is 1. The molecule has 2 N–H and O–H groups in total. The first-order valence-corrected chi connectivity index (χ1v) is 11.1. The molecule has 0 spiro atoms. The number of para-hydroxylation sites is 1. The molecule has 4 aromatic rings. The number of fused-ring (bicyclic) bond motifs is 3. The number of carbonyl (C=O) groups is 2. The molecule has 3 aromatic heterocycles. The van der Waals surface area contributed by atoms with Gasteiger partial charge >= 0.3 is 12.1 Å². The molecule has 0 aliphatic carbocycles.